The number of methoxy groups -OCH3 is 1. The summed E-state index contributed by atoms with van der Waals surface area (Å²) >= 11 is 0. The summed E-state index contributed by atoms with van der Waals surface area (Å²) in [6.45, 7) is 1.24. The lowest BCUT2D eigenvalue weighted by atomic mass is 10.2. The SMILES string of the molecule is COC(=O)COc1cccc(/C=N\NC(=O)[C@H](C)N(c2ccccc2)S(C)(=O)=O)c1. The molecule has 160 valence electrons. The molecule has 0 radical (unpaired) electrons. The number of benzene rings is 2. The molecule has 0 aliphatic carbocycles. The van der Waals surface area contributed by atoms with Gasteiger partial charge in [-0.3, -0.25) is 9.10 Å². The lowest BCUT2D eigenvalue weighted by Gasteiger charge is -2.27. The molecule has 0 spiro atoms. The number of hydrazone groups is 1. The third kappa shape index (κ3) is 6.59. The largest absolute Gasteiger partial charge is 0.482 e. The van der Waals surface area contributed by atoms with E-state index < -0.39 is 27.9 Å². The van der Waals surface area contributed by atoms with Crippen molar-refractivity contribution in [2.24, 2.45) is 5.10 Å². The van der Waals surface area contributed by atoms with Gasteiger partial charge < -0.3 is 9.47 Å². The fourth-order valence-electron chi connectivity index (χ4n) is 2.53. The Balaban J connectivity index is 2.05. The van der Waals surface area contributed by atoms with Crippen LogP contribution in [0.1, 0.15) is 12.5 Å². The summed E-state index contributed by atoms with van der Waals surface area (Å²) in [5, 5.41) is 3.88. The number of carbonyl (C=O) groups is 2. The predicted octanol–water partition coefficient (Wildman–Crippen LogP) is 1.54. The average Bonchev–Trinajstić information content (AvgIpc) is 2.72. The van der Waals surface area contributed by atoms with Gasteiger partial charge in [0.05, 0.1) is 25.3 Å². The van der Waals surface area contributed by atoms with Crippen molar-refractivity contribution >= 4 is 33.8 Å². The first-order chi connectivity index (χ1) is 14.2. The highest BCUT2D eigenvalue weighted by molar-refractivity contribution is 7.92. The van der Waals surface area contributed by atoms with Crippen LogP contribution in [0.5, 0.6) is 5.75 Å². The minimum atomic E-state index is -3.69. The van der Waals surface area contributed by atoms with E-state index in [0.29, 0.717) is 17.0 Å². The Morgan fingerprint density at radius 2 is 1.87 bits per heavy atom. The summed E-state index contributed by atoms with van der Waals surface area (Å²) in [7, 11) is -2.43. The standard InChI is InChI=1S/C20H23N3O6S/c1-15(23(30(3,26)27)17-9-5-4-6-10-17)20(25)22-21-13-16-8-7-11-18(12-16)29-14-19(24)28-2/h4-13,15H,14H2,1-3H3,(H,22,25)/b21-13-/t15-/m0/s1. The minimum absolute atomic E-state index is 0.230. The van der Waals surface area contributed by atoms with E-state index in [2.05, 4.69) is 15.3 Å². The predicted molar refractivity (Wildman–Crippen MR) is 113 cm³/mol. The number of carbonyl (C=O) groups excluding carboxylic acids is 2. The van der Waals surface area contributed by atoms with Gasteiger partial charge in [0.25, 0.3) is 5.91 Å². The highest BCUT2D eigenvalue weighted by Gasteiger charge is 2.28. The molecule has 0 aromatic heterocycles. The van der Waals surface area contributed by atoms with E-state index in [1.807, 2.05) is 0 Å². The molecule has 2 rings (SSSR count). The second kappa shape index (κ2) is 10.4. The molecule has 1 amide bonds. The van der Waals surface area contributed by atoms with Crippen molar-refractivity contribution in [2.75, 3.05) is 24.3 Å². The quantitative estimate of drug-likeness (QED) is 0.365. The molecule has 0 heterocycles. The van der Waals surface area contributed by atoms with Gasteiger partial charge in [-0.2, -0.15) is 5.10 Å². The number of rotatable bonds is 9. The molecular formula is C20H23N3O6S. The first kappa shape index (κ1) is 22.9. The molecule has 1 N–H and O–H groups in total. The zero-order valence-electron chi connectivity index (χ0n) is 16.8. The van der Waals surface area contributed by atoms with Crippen molar-refractivity contribution in [2.45, 2.75) is 13.0 Å². The molecular weight excluding hydrogens is 410 g/mol. The van der Waals surface area contributed by atoms with Crippen molar-refractivity contribution in [1.29, 1.82) is 0 Å². The van der Waals surface area contributed by atoms with Crippen LogP contribution in [0.4, 0.5) is 5.69 Å². The van der Waals surface area contributed by atoms with Gasteiger partial charge in [0.15, 0.2) is 6.61 Å². The number of sulfonamides is 1. The van der Waals surface area contributed by atoms with Gasteiger partial charge in [0.1, 0.15) is 11.8 Å². The van der Waals surface area contributed by atoms with E-state index in [-0.39, 0.29) is 6.61 Å². The number of anilines is 1. The number of nitrogens with zero attached hydrogens (tertiary/aromatic N) is 2. The second-order valence-electron chi connectivity index (χ2n) is 6.24. The van der Waals surface area contributed by atoms with Gasteiger partial charge in [-0.25, -0.2) is 18.6 Å². The van der Waals surface area contributed by atoms with Crippen LogP contribution in [0.25, 0.3) is 0 Å². The molecule has 0 saturated heterocycles. The van der Waals surface area contributed by atoms with Crippen LogP contribution >= 0.6 is 0 Å². The zero-order chi connectivity index (χ0) is 22.1. The normalized spacial score (nSPS) is 12.2. The number of nitrogens with one attached hydrogen (secondary N) is 1. The Hall–Kier alpha value is -3.40. The molecule has 0 aliphatic heterocycles. The molecule has 10 heteroatoms. The van der Waals surface area contributed by atoms with Gasteiger partial charge in [0, 0.05) is 0 Å². The van der Waals surface area contributed by atoms with E-state index >= 15 is 0 Å². The Bertz CT molecular complexity index is 1010. The van der Waals surface area contributed by atoms with E-state index in [0.717, 1.165) is 10.6 Å². The van der Waals surface area contributed by atoms with Crippen molar-refractivity contribution in [3.8, 4) is 5.75 Å². The molecule has 0 fully saturated rings. The van der Waals surface area contributed by atoms with Crippen molar-refractivity contribution in [1.82, 2.24) is 5.43 Å². The molecule has 1 atom stereocenters. The van der Waals surface area contributed by atoms with Gasteiger partial charge in [-0.05, 0) is 36.8 Å². The molecule has 0 unspecified atom stereocenters. The third-order valence-corrected chi connectivity index (χ3v) is 5.17. The zero-order valence-corrected chi connectivity index (χ0v) is 17.6. The maximum absolute atomic E-state index is 12.5. The average molecular weight is 433 g/mol. The van der Waals surface area contributed by atoms with E-state index in [9.17, 15) is 18.0 Å². The number of hydrogen-bond acceptors (Lipinski definition) is 7. The van der Waals surface area contributed by atoms with E-state index in [1.54, 1.807) is 54.6 Å². The van der Waals surface area contributed by atoms with Gasteiger partial charge in [-0.15, -0.1) is 0 Å². The number of ether oxygens (including phenoxy) is 2. The number of para-hydroxylation sites is 1. The van der Waals surface area contributed by atoms with Crippen LogP contribution in [0.15, 0.2) is 59.7 Å². The first-order valence-electron chi connectivity index (χ1n) is 8.89. The highest BCUT2D eigenvalue weighted by Crippen LogP contribution is 2.20. The van der Waals surface area contributed by atoms with Crippen LogP contribution in [-0.4, -0.2) is 52.5 Å². The topological polar surface area (TPSA) is 114 Å². The van der Waals surface area contributed by atoms with Crippen LogP contribution in [0, 0.1) is 0 Å². The second-order valence-corrected chi connectivity index (χ2v) is 8.10. The third-order valence-electron chi connectivity index (χ3n) is 3.93. The summed E-state index contributed by atoms with van der Waals surface area (Å²) in [5.41, 5.74) is 3.32. The Morgan fingerprint density at radius 1 is 1.17 bits per heavy atom. The molecule has 9 nitrogen and oxygen atoms in total. The summed E-state index contributed by atoms with van der Waals surface area (Å²) in [6, 6.07) is 14.0. The highest BCUT2D eigenvalue weighted by atomic mass is 32.2. The van der Waals surface area contributed by atoms with Crippen LogP contribution < -0.4 is 14.5 Å². The van der Waals surface area contributed by atoms with Gasteiger partial charge in [0.2, 0.25) is 10.0 Å². The van der Waals surface area contributed by atoms with Gasteiger partial charge >= 0.3 is 5.97 Å². The molecule has 0 bridgehead atoms. The maximum atomic E-state index is 12.5. The Labute approximate surface area is 175 Å². The summed E-state index contributed by atoms with van der Waals surface area (Å²) in [5.74, 6) is -0.681. The molecule has 0 aliphatic rings. The number of amides is 1. The lowest BCUT2D eigenvalue weighted by Crippen LogP contribution is -2.46. The Morgan fingerprint density at radius 3 is 2.50 bits per heavy atom. The van der Waals surface area contributed by atoms with Crippen molar-refractivity contribution in [3.05, 3.63) is 60.2 Å². The monoisotopic (exact) mass is 433 g/mol. The summed E-state index contributed by atoms with van der Waals surface area (Å²) in [6.07, 6.45) is 2.41. The lowest BCUT2D eigenvalue weighted by molar-refractivity contribution is -0.142. The Kier molecular flexibility index (Phi) is 7.93. The minimum Gasteiger partial charge on any atom is -0.482 e. The van der Waals surface area contributed by atoms with E-state index in [4.69, 9.17) is 4.74 Å². The van der Waals surface area contributed by atoms with Crippen molar-refractivity contribution in [3.63, 3.8) is 0 Å². The number of hydrogen-bond donors (Lipinski definition) is 1. The maximum Gasteiger partial charge on any atom is 0.343 e. The molecule has 2 aromatic carbocycles. The fraction of sp³-hybridized carbons (Fsp3) is 0.250. The first-order valence-corrected chi connectivity index (χ1v) is 10.7. The number of esters is 1. The fourth-order valence-corrected chi connectivity index (χ4v) is 3.71. The van der Waals surface area contributed by atoms with Crippen LogP contribution in [-0.2, 0) is 24.3 Å². The van der Waals surface area contributed by atoms with Gasteiger partial charge in [-0.1, -0.05) is 30.3 Å². The van der Waals surface area contributed by atoms with E-state index in [1.165, 1.54) is 20.2 Å². The summed E-state index contributed by atoms with van der Waals surface area (Å²) < 4.78 is 35.2. The van der Waals surface area contributed by atoms with Crippen LogP contribution in [0.2, 0.25) is 0 Å². The molecule has 2 aromatic rings. The molecule has 30 heavy (non-hydrogen) atoms. The summed E-state index contributed by atoms with van der Waals surface area (Å²) in [4.78, 5) is 23.6. The smallest absolute Gasteiger partial charge is 0.343 e. The van der Waals surface area contributed by atoms with Crippen molar-refractivity contribution < 1.29 is 27.5 Å². The molecule has 0 saturated carbocycles. The van der Waals surface area contributed by atoms with Crippen LogP contribution in [0.3, 0.4) is 0 Å².